The molecule has 0 unspecified atom stereocenters. The van der Waals surface area contributed by atoms with Gasteiger partial charge in [-0.3, -0.25) is 14.3 Å². The Morgan fingerprint density at radius 3 is 2.28 bits per heavy atom. The minimum Gasteiger partial charge on any atom is -0.372 e. The molecule has 0 radical (unpaired) electrons. The third-order valence-corrected chi connectivity index (χ3v) is 7.48. The van der Waals surface area contributed by atoms with Gasteiger partial charge >= 0.3 is 11.4 Å². The van der Waals surface area contributed by atoms with Crippen molar-refractivity contribution in [3.8, 4) is 5.69 Å². The fraction of sp³-hybridized carbons (Fsp3) is 0.200. The fourth-order valence-corrected chi connectivity index (χ4v) is 5.02. The molecular formula is C30H31ClN8O6S. The quantitative estimate of drug-likeness (QED) is 0.139. The number of hydrogen-bond acceptors (Lipinski definition) is 9. The van der Waals surface area contributed by atoms with E-state index in [2.05, 4.69) is 25.3 Å². The van der Waals surface area contributed by atoms with Gasteiger partial charge in [0.1, 0.15) is 0 Å². The van der Waals surface area contributed by atoms with Gasteiger partial charge in [0.05, 0.1) is 33.5 Å². The van der Waals surface area contributed by atoms with Crippen LogP contribution in [0, 0.1) is 0 Å². The molecule has 0 aliphatic heterocycles. The molecule has 0 aliphatic carbocycles. The molecule has 0 aliphatic rings. The van der Waals surface area contributed by atoms with Crippen LogP contribution in [-0.4, -0.2) is 53.2 Å². The van der Waals surface area contributed by atoms with E-state index >= 15 is 0 Å². The molecule has 14 nitrogen and oxygen atoms in total. The van der Waals surface area contributed by atoms with Crippen LogP contribution in [0.15, 0.2) is 81.3 Å². The molecule has 0 saturated carbocycles. The summed E-state index contributed by atoms with van der Waals surface area (Å²) in [6.07, 6.45) is 0. The standard InChI is InChI=1S/C30H31ClN8O6S/c1-5-38(6-2)21-13-15-23(25(17-21)32-18(3)40)33-26(28(41)34-24-16-19(36-46(44)45)12-14-22(24)31)27-35-29(42)37(4)30(43)39(27)20-10-8-7-9-11-20/h7-17,46H,5-6H2,1-4H3,(H,32,40)(H,34,41)(H,36,44,45)/b33-26-. The number of halogens is 1. The molecule has 1 heterocycles. The number of rotatable bonds is 11. The molecule has 0 fully saturated rings. The number of nitrogens with one attached hydrogen (secondary N) is 3. The molecule has 0 atom stereocenters. The van der Waals surface area contributed by atoms with E-state index in [4.69, 9.17) is 11.6 Å². The summed E-state index contributed by atoms with van der Waals surface area (Å²) in [4.78, 5) is 63.4. The predicted octanol–water partition coefficient (Wildman–Crippen LogP) is 3.09. The Bertz CT molecular complexity index is 2010. The van der Waals surface area contributed by atoms with Gasteiger partial charge in [0.2, 0.25) is 16.8 Å². The number of benzene rings is 3. The lowest BCUT2D eigenvalue weighted by Crippen LogP contribution is -2.44. The topological polar surface area (TPSA) is 177 Å². The second-order valence-electron chi connectivity index (χ2n) is 9.76. The number of thiol groups is 1. The lowest BCUT2D eigenvalue weighted by atomic mass is 10.2. The third kappa shape index (κ3) is 7.68. The first-order chi connectivity index (χ1) is 21.9. The van der Waals surface area contributed by atoms with Crippen LogP contribution in [0.5, 0.6) is 0 Å². The predicted molar refractivity (Wildman–Crippen MR) is 180 cm³/mol. The van der Waals surface area contributed by atoms with E-state index in [1.54, 1.807) is 48.5 Å². The number of amides is 2. The zero-order chi connectivity index (χ0) is 33.5. The number of aliphatic imine (C=N–C) groups is 1. The van der Waals surface area contributed by atoms with Gasteiger partial charge in [-0.1, -0.05) is 29.8 Å². The highest BCUT2D eigenvalue weighted by Gasteiger charge is 2.25. The van der Waals surface area contributed by atoms with Crippen LogP contribution in [0.4, 0.5) is 28.4 Å². The van der Waals surface area contributed by atoms with Gasteiger partial charge in [-0.05, 0) is 62.4 Å². The highest BCUT2D eigenvalue weighted by Crippen LogP contribution is 2.32. The number of para-hydroxylation sites is 1. The number of hydrogen-bond donors (Lipinski definition) is 4. The Morgan fingerprint density at radius 1 is 0.957 bits per heavy atom. The first-order valence-corrected chi connectivity index (χ1v) is 15.5. The summed E-state index contributed by atoms with van der Waals surface area (Å²) in [7, 11) is -1.77. The summed E-state index contributed by atoms with van der Waals surface area (Å²) in [6, 6.07) is 17.3. The van der Waals surface area contributed by atoms with Crippen LogP contribution in [-0.2, 0) is 27.5 Å². The highest BCUT2D eigenvalue weighted by atomic mass is 35.5. The van der Waals surface area contributed by atoms with E-state index in [-0.39, 0.29) is 33.5 Å². The molecule has 0 spiro atoms. The molecule has 46 heavy (non-hydrogen) atoms. The van der Waals surface area contributed by atoms with Gasteiger partial charge in [0, 0.05) is 32.7 Å². The van der Waals surface area contributed by atoms with Crippen molar-refractivity contribution in [1.29, 1.82) is 0 Å². The minimum absolute atomic E-state index is 0.00220. The molecule has 0 bridgehead atoms. The molecule has 0 saturated heterocycles. The Hall–Kier alpha value is -5.28. The van der Waals surface area contributed by atoms with E-state index in [1.807, 2.05) is 18.7 Å². The van der Waals surface area contributed by atoms with E-state index in [0.717, 1.165) is 14.8 Å². The van der Waals surface area contributed by atoms with Crippen molar-refractivity contribution in [2.75, 3.05) is 33.3 Å². The normalized spacial score (nSPS) is 11.3. The SMILES string of the molecule is CCN(CC)c1ccc(/N=C(\C(=O)Nc2cc(N[SH](=O)=O)ccc2Cl)c2nc(=O)n(C)c(=O)n2-c2ccccc2)c(NC(C)=O)c1. The van der Waals surface area contributed by atoms with Gasteiger partial charge in [0.25, 0.3) is 5.91 Å². The molecule has 1 aromatic heterocycles. The maximum absolute atomic E-state index is 14.1. The number of nitrogens with zero attached hydrogens (tertiary/aromatic N) is 5. The van der Waals surface area contributed by atoms with Crippen LogP contribution in [0.3, 0.4) is 0 Å². The molecule has 4 aromatic rings. The van der Waals surface area contributed by atoms with E-state index in [9.17, 15) is 27.6 Å². The van der Waals surface area contributed by atoms with Crippen molar-refractivity contribution >= 4 is 68.5 Å². The Morgan fingerprint density at radius 2 is 1.65 bits per heavy atom. The van der Waals surface area contributed by atoms with Crippen molar-refractivity contribution in [2.45, 2.75) is 20.8 Å². The number of carbonyl (C=O) groups excluding carboxylic acids is 2. The second-order valence-corrected chi connectivity index (χ2v) is 10.9. The van der Waals surface area contributed by atoms with Crippen molar-refractivity contribution in [2.24, 2.45) is 12.0 Å². The van der Waals surface area contributed by atoms with Crippen LogP contribution >= 0.6 is 11.6 Å². The van der Waals surface area contributed by atoms with Gasteiger partial charge in [-0.2, -0.15) is 4.98 Å². The monoisotopic (exact) mass is 666 g/mol. The lowest BCUT2D eigenvalue weighted by molar-refractivity contribution is -0.114. The highest BCUT2D eigenvalue weighted by molar-refractivity contribution is 7.73. The van der Waals surface area contributed by atoms with Gasteiger partial charge in [-0.15, -0.1) is 0 Å². The Balaban J connectivity index is 2.01. The fourth-order valence-electron chi connectivity index (χ4n) is 4.50. The summed E-state index contributed by atoms with van der Waals surface area (Å²) >= 11 is 6.33. The molecular weight excluding hydrogens is 636 g/mol. The van der Waals surface area contributed by atoms with Crippen molar-refractivity contribution in [1.82, 2.24) is 14.1 Å². The average Bonchev–Trinajstić information content (AvgIpc) is 3.01. The van der Waals surface area contributed by atoms with Crippen LogP contribution in [0.25, 0.3) is 5.69 Å². The summed E-state index contributed by atoms with van der Waals surface area (Å²) in [6.45, 7) is 6.64. The summed E-state index contributed by atoms with van der Waals surface area (Å²) in [5, 5.41) is 5.37. The zero-order valence-corrected chi connectivity index (χ0v) is 26.9. The molecule has 2 amide bonds. The van der Waals surface area contributed by atoms with Crippen LogP contribution in [0.2, 0.25) is 5.02 Å². The molecule has 4 rings (SSSR count). The molecule has 16 heteroatoms. The van der Waals surface area contributed by atoms with Gasteiger partial charge in [-0.25, -0.2) is 32.1 Å². The lowest BCUT2D eigenvalue weighted by Gasteiger charge is -2.22. The van der Waals surface area contributed by atoms with E-state index < -0.39 is 45.6 Å². The number of carbonyl (C=O) groups is 2. The largest absolute Gasteiger partial charge is 0.372 e. The van der Waals surface area contributed by atoms with Crippen LogP contribution < -0.4 is 31.6 Å². The first-order valence-electron chi connectivity index (χ1n) is 14.0. The minimum atomic E-state index is -3.02. The Labute approximate surface area is 270 Å². The van der Waals surface area contributed by atoms with Crippen molar-refractivity contribution < 1.29 is 18.0 Å². The van der Waals surface area contributed by atoms with E-state index in [0.29, 0.717) is 13.1 Å². The van der Waals surface area contributed by atoms with Crippen LogP contribution in [0.1, 0.15) is 26.6 Å². The zero-order valence-electron chi connectivity index (χ0n) is 25.3. The summed E-state index contributed by atoms with van der Waals surface area (Å²) in [5.41, 5.74) is -0.684. The number of aromatic nitrogens is 3. The molecule has 3 aromatic carbocycles. The van der Waals surface area contributed by atoms with Gasteiger partial charge < -0.3 is 15.5 Å². The van der Waals surface area contributed by atoms with Gasteiger partial charge in [0.15, 0.2) is 11.5 Å². The molecule has 3 N–H and O–H groups in total. The second kappa shape index (κ2) is 14.7. The molecule has 240 valence electrons. The summed E-state index contributed by atoms with van der Waals surface area (Å²) in [5.74, 6) is -1.75. The summed E-state index contributed by atoms with van der Waals surface area (Å²) < 4.78 is 26.5. The third-order valence-electron chi connectivity index (χ3n) is 6.71. The smallest absolute Gasteiger partial charge is 0.353 e. The Kier molecular flexibility index (Phi) is 10.7. The maximum atomic E-state index is 14.1. The van der Waals surface area contributed by atoms with E-state index in [1.165, 1.54) is 32.2 Å². The number of anilines is 4. The first kappa shape index (κ1) is 33.6. The maximum Gasteiger partial charge on any atom is 0.353 e. The van der Waals surface area contributed by atoms with Crippen molar-refractivity contribution in [3.05, 3.63) is 98.5 Å². The van der Waals surface area contributed by atoms with Crippen molar-refractivity contribution in [3.63, 3.8) is 0 Å². The average molecular weight is 667 g/mol.